The predicted octanol–water partition coefficient (Wildman–Crippen LogP) is 1.71. The SMILES string of the molecule is CCCC(O)O.CCOC(C)=O.CCOCC. The van der Waals surface area contributed by atoms with E-state index in [4.69, 9.17) is 14.9 Å². The number of esters is 1. The van der Waals surface area contributed by atoms with Crippen molar-refractivity contribution in [3.8, 4) is 0 Å². The molecule has 5 heteroatoms. The van der Waals surface area contributed by atoms with Crippen LogP contribution in [0.4, 0.5) is 0 Å². The molecule has 0 aromatic rings. The Morgan fingerprint density at radius 1 is 1.06 bits per heavy atom. The second-order valence-corrected chi connectivity index (χ2v) is 2.98. The Balaban J connectivity index is -0.000000174. The third-order valence-electron chi connectivity index (χ3n) is 1.30. The minimum atomic E-state index is -1.10. The van der Waals surface area contributed by atoms with E-state index in [1.54, 1.807) is 6.92 Å². The molecule has 0 atom stereocenters. The molecule has 0 amide bonds. The van der Waals surface area contributed by atoms with E-state index in [2.05, 4.69) is 4.74 Å². The largest absolute Gasteiger partial charge is 0.466 e. The summed E-state index contributed by atoms with van der Waals surface area (Å²) in [6.07, 6.45) is 0.215. The van der Waals surface area contributed by atoms with Gasteiger partial charge in [-0.15, -0.1) is 0 Å². The van der Waals surface area contributed by atoms with Crippen LogP contribution in [0.15, 0.2) is 0 Å². The summed E-state index contributed by atoms with van der Waals surface area (Å²) in [7, 11) is 0. The quantitative estimate of drug-likeness (QED) is 0.575. The fourth-order valence-electron chi connectivity index (χ4n) is 0.666. The number of aliphatic hydroxyl groups is 2. The van der Waals surface area contributed by atoms with Gasteiger partial charge in [0.15, 0.2) is 6.29 Å². The van der Waals surface area contributed by atoms with Crippen LogP contribution in [0.1, 0.15) is 47.5 Å². The molecule has 0 spiro atoms. The number of ether oxygens (including phenoxy) is 2. The molecule has 0 radical (unpaired) electrons. The predicted molar refractivity (Wildman–Crippen MR) is 67.6 cm³/mol. The van der Waals surface area contributed by atoms with E-state index in [1.165, 1.54) is 6.92 Å². The van der Waals surface area contributed by atoms with Gasteiger partial charge in [0, 0.05) is 20.1 Å². The number of hydrogen-bond donors (Lipinski definition) is 2. The molecule has 0 fully saturated rings. The molecule has 0 heterocycles. The van der Waals surface area contributed by atoms with Gasteiger partial charge in [0.2, 0.25) is 0 Å². The lowest BCUT2D eigenvalue weighted by atomic mass is 10.3. The van der Waals surface area contributed by atoms with Crippen molar-refractivity contribution in [3.63, 3.8) is 0 Å². The Morgan fingerprint density at radius 2 is 1.53 bits per heavy atom. The van der Waals surface area contributed by atoms with Crippen LogP contribution < -0.4 is 0 Å². The second-order valence-electron chi connectivity index (χ2n) is 2.98. The fraction of sp³-hybridized carbons (Fsp3) is 0.917. The summed E-state index contributed by atoms with van der Waals surface area (Å²) in [5.74, 6) is -0.211. The monoisotopic (exact) mass is 252 g/mol. The van der Waals surface area contributed by atoms with Gasteiger partial charge >= 0.3 is 5.97 Å². The number of rotatable bonds is 5. The highest BCUT2D eigenvalue weighted by Gasteiger charge is 1.89. The molecule has 17 heavy (non-hydrogen) atoms. The van der Waals surface area contributed by atoms with E-state index in [9.17, 15) is 4.79 Å². The van der Waals surface area contributed by atoms with Crippen molar-refractivity contribution in [2.24, 2.45) is 0 Å². The van der Waals surface area contributed by atoms with Crippen LogP contribution in [-0.4, -0.2) is 42.3 Å². The standard InChI is InChI=1S/C4H8O2.C4H10O2.C4H10O/c1-3-6-4(2)5;1-2-3-4(5)6;1-3-5-4-2/h3H2,1-2H3;4-6H,2-3H2,1H3;3-4H2,1-2H3. The van der Waals surface area contributed by atoms with Gasteiger partial charge in [0.25, 0.3) is 0 Å². The maximum atomic E-state index is 9.82. The average Bonchev–Trinajstić information content (AvgIpc) is 2.20. The summed E-state index contributed by atoms with van der Waals surface area (Å²) in [6, 6.07) is 0. The molecule has 0 aromatic heterocycles. The molecule has 0 aliphatic rings. The van der Waals surface area contributed by atoms with Crippen molar-refractivity contribution in [3.05, 3.63) is 0 Å². The second kappa shape index (κ2) is 20.7. The van der Waals surface area contributed by atoms with Crippen LogP contribution in [0, 0.1) is 0 Å². The minimum Gasteiger partial charge on any atom is -0.466 e. The highest BCUT2D eigenvalue weighted by molar-refractivity contribution is 5.65. The summed E-state index contributed by atoms with van der Waals surface area (Å²) < 4.78 is 9.24. The highest BCUT2D eigenvalue weighted by Crippen LogP contribution is 1.88. The fourth-order valence-corrected chi connectivity index (χ4v) is 0.666. The Bertz CT molecular complexity index is 135. The molecule has 0 aliphatic heterocycles. The Hall–Kier alpha value is -0.650. The lowest BCUT2D eigenvalue weighted by Gasteiger charge is -1.94. The first kappa shape index (κ1) is 21.6. The average molecular weight is 252 g/mol. The third kappa shape index (κ3) is 50.6. The molecule has 106 valence electrons. The first-order valence-electron chi connectivity index (χ1n) is 6.03. The molecule has 0 unspecified atom stereocenters. The number of aliphatic hydroxyl groups excluding tert-OH is 1. The van der Waals surface area contributed by atoms with E-state index >= 15 is 0 Å². The van der Waals surface area contributed by atoms with Crippen LogP contribution in [0.2, 0.25) is 0 Å². The van der Waals surface area contributed by atoms with Crippen LogP contribution in [0.25, 0.3) is 0 Å². The van der Waals surface area contributed by atoms with Crippen molar-refractivity contribution in [2.75, 3.05) is 19.8 Å². The van der Waals surface area contributed by atoms with Crippen LogP contribution in [0.5, 0.6) is 0 Å². The maximum Gasteiger partial charge on any atom is 0.302 e. The molecule has 0 saturated heterocycles. The van der Waals surface area contributed by atoms with Gasteiger partial charge in [0.1, 0.15) is 0 Å². The van der Waals surface area contributed by atoms with Gasteiger partial charge < -0.3 is 19.7 Å². The molecule has 2 N–H and O–H groups in total. The van der Waals surface area contributed by atoms with E-state index in [-0.39, 0.29) is 5.97 Å². The number of carbonyl (C=O) groups excluding carboxylic acids is 1. The zero-order chi connectivity index (χ0) is 14.1. The van der Waals surface area contributed by atoms with Gasteiger partial charge in [-0.1, -0.05) is 13.3 Å². The number of carbonyl (C=O) groups is 1. The van der Waals surface area contributed by atoms with E-state index in [0.29, 0.717) is 13.0 Å². The van der Waals surface area contributed by atoms with Crippen molar-refractivity contribution in [2.45, 2.75) is 53.8 Å². The van der Waals surface area contributed by atoms with Crippen LogP contribution in [-0.2, 0) is 14.3 Å². The smallest absolute Gasteiger partial charge is 0.302 e. The molecule has 0 saturated carbocycles. The molecule has 0 aromatic carbocycles. The van der Waals surface area contributed by atoms with Crippen molar-refractivity contribution < 1.29 is 24.5 Å². The number of hydrogen-bond acceptors (Lipinski definition) is 5. The summed E-state index contributed by atoms with van der Waals surface area (Å²) in [6.45, 7) is 11.2. The summed E-state index contributed by atoms with van der Waals surface area (Å²) >= 11 is 0. The van der Waals surface area contributed by atoms with Gasteiger partial charge in [-0.25, -0.2) is 0 Å². The lowest BCUT2D eigenvalue weighted by Crippen LogP contribution is -2.01. The summed E-state index contributed by atoms with van der Waals surface area (Å²) in [5, 5.41) is 16.2. The first-order chi connectivity index (χ1) is 7.95. The van der Waals surface area contributed by atoms with E-state index in [1.807, 2.05) is 20.8 Å². The molecule has 0 rings (SSSR count). The Labute approximate surface area is 105 Å². The van der Waals surface area contributed by atoms with Crippen molar-refractivity contribution >= 4 is 5.97 Å². The topological polar surface area (TPSA) is 76.0 Å². The third-order valence-corrected chi connectivity index (χ3v) is 1.30. The van der Waals surface area contributed by atoms with E-state index in [0.717, 1.165) is 19.6 Å². The Kier molecular flexibility index (Phi) is 26.4. The van der Waals surface area contributed by atoms with Gasteiger partial charge in [-0.2, -0.15) is 0 Å². The summed E-state index contributed by atoms with van der Waals surface area (Å²) in [4.78, 5) is 9.82. The van der Waals surface area contributed by atoms with Gasteiger partial charge in [0.05, 0.1) is 6.61 Å². The molecule has 5 nitrogen and oxygen atoms in total. The molecular weight excluding hydrogens is 224 g/mol. The minimum absolute atomic E-state index is 0.211. The van der Waals surface area contributed by atoms with E-state index < -0.39 is 6.29 Å². The van der Waals surface area contributed by atoms with Crippen LogP contribution in [0.3, 0.4) is 0 Å². The Morgan fingerprint density at radius 3 is 1.53 bits per heavy atom. The molecular formula is C12H28O5. The van der Waals surface area contributed by atoms with Crippen molar-refractivity contribution in [1.82, 2.24) is 0 Å². The zero-order valence-corrected chi connectivity index (χ0v) is 11.7. The van der Waals surface area contributed by atoms with Gasteiger partial charge in [-0.3, -0.25) is 4.79 Å². The van der Waals surface area contributed by atoms with Gasteiger partial charge in [-0.05, 0) is 27.2 Å². The van der Waals surface area contributed by atoms with Crippen LogP contribution >= 0.6 is 0 Å². The summed E-state index contributed by atoms with van der Waals surface area (Å²) in [5.41, 5.74) is 0. The van der Waals surface area contributed by atoms with Crippen molar-refractivity contribution in [1.29, 1.82) is 0 Å². The molecule has 0 aliphatic carbocycles. The normalized spacial score (nSPS) is 8.71. The highest BCUT2D eigenvalue weighted by atomic mass is 16.5. The molecule has 0 bridgehead atoms. The maximum absolute atomic E-state index is 9.82. The first-order valence-corrected chi connectivity index (χ1v) is 6.03. The lowest BCUT2D eigenvalue weighted by molar-refractivity contribution is -0.140. The zero-order valence-electron chi connectivity index (χ0n) is 11.7.